The Balaban J connectivity index is 2.38. The molecule has 2 N–H and O–H groups in total. The summed E-state index contributed by atoms with van der Waals surface area (Å²) >= 11 is 0. The second-order valence-corrected chi connectivity index (χ2v) is 3.67. The normalized spacial score (nSPS) is 22.8. The van der Waals surface area contributed by atoms with Crippen molar-refractivity contribution in [2.24, 2.45) is 0 Å². The van der Waals surface area contributed by atoms with Crippen LogP contribution in [0.25, 0.3) is 0 Å². The maximum absolute atomic E-state index is 11.1. The number of hydrogen-bond donors (Lipinski definition) is 2. The number of carbonyl (C=O) groups is 1. The third-order valence-corrected chi connectivity index (χ3v) is 2.65. The van der Waals surface area contributed by atoms with Gasteiger partial charge >= 0.3 is 5.97 Å². The zero-order valence-corrected chi connectivity index (χ0v) is 8.77. The van der Waals surface area contributed by atoms with E-state index in [1.165, 1.54) is 12.1 Å². The molecule has 0 bridgehead atoms. The van der Waals surface area contributed by atoms with E-state index < -0.39 is 11.6 Å². The predicted octanol–water partition coefficient (Wildman–Crippen LogP) is 1.40. The zero-order valence-electron chi connectivity index (χ0n) is 8.77. The Bertz CT molecular complexity index is 428. The average molecular weight is 224 g/mol. The third kappa shape index (κ3) is 1.54. The number of rotatable bonds is 2. The lowest BCUT2D eigenvalue weighted by Crippen LogP contribution is -2.51. The van der Waals surface area contributed by atoms with Crippen molar-refractivity contribution in [3.63, 3.8) is 0 Å². The minimum atomic E-state index is -1.36. The molecule has 0 spiro atoms. The van der Waals surface area contributed by atoms with E-state index in [1.54, 1.807) is 13.0 Å². The lowest BCUT2D eigenvalue weighted by molar-refractivity contribution is -0.160. The van der Waals surface area contributed by atoms with Crippen molar-refractivity contribution >= 4 is 5.97 Å². The third-order valence-electron chi connectivity index (χ3n) is 2.65. The number of carboxylic acid groups (broad SMARTS) is 1. The van der Waals surface area contributed by atoms with E-state index in [0.717, 1.165) is 0 Å². The quantitative estimate of drug-likeness (QED) is 0.794. The molecule has 1 aromatic rings. The van der Waals surface area contributed by atoms with Crippen LogP contribution in [-0.4, -0.2) is 28.4 Å². The Labute approximate surface area is 92.2 Å². The minimum absolute atomic E-state index is 0.0136. The van der Waals surface area contributed by atoms with Gasteiger partial charge in [-0.05, 0) is 18.6 Å². The topological polar surface area (TPSA) is 76.0 Å². The first kappa shape index (κ1) is 10.6. The first-order chi connectivity index (χ1) is 7.57. The molecule has 1 aliphatic heterocycles. The summed E-state index contributed by atoms with van der Waals surface area (Å²) in [5.41, 5.74) is -1.36. The van der Waals surface area contributed by atoms with E-state index in [9.17, 15) is 9.90 Å². The first-order valence-electron chi connectivity index (χ1n) is 4.95. The number of carboxylic acids is 1. The molecular formula is C11H12O5. The van der Waals surface area contributed by atoms with Gasteiger partial charge < -0.3 is 19.7 Å². The highest BCUT2D eigenvalue weighted by atomic mass is 16.6. The van der Waals surface area contributed by atoms with Crippen LogP contribution in [0.5, 0.6) is 17.2 Å². The van der Waals surface area contributed by atoms with Crippen molar-refractivity contribution in [1.82, 2.24) is 0 Å². The summed E-state index contributed by atoms with van der Waals surface area (Å²) in [5, 5.41) is 18.4. The van der Waals surface area contributed by atoms with Crippen LogP contribution in [0.4, 0.5) is 0 Å². The van der Waals surface area contributed by atoms with Crippen molar-refractivity contribution in [2.75, 3.05) is 6.61 Å². The molecule has 5 heteroatoms. The summed E-state index contributed by atoms with van der Waals surface area (Å²) in [5.74, 6) is -0.345. The van der Waals surface area contributed by atoms with E-state index >= 15 is 0 Å². The average Bonchev–Trinajstić information content (AvgIpc) is 2.27. The number of aromatic hydroxyl groups is 1. The number of fused-ring (bicyclic) bond motifs is 1. The van der Waals surface area contributed by atoms with Gasteiger partial charge in [0.05, 0.1) is 0 Å². The molecule has 0 amide bonds. The fourth-order valence-corrected chi connectivity index (χ4v) is 1.56. The Morgan fingerprint density at radius 2 is 2.25 bits per heavy atom. The number of phenols is 1. The van der Waals surface area contributed by atoms with E-state index in [2.05, 4.69) is 0 Å². The van der Waals surface area contributed by atoms with Gasteiger partial charge in [-0.3, -0.25) is 0 Å². The van der Waals surface area contributed by atoms with Gasteiger partial charge in [-0.15, -0.1) is 0 Å². The van der Waals surface area contributed by atoms with E-state index in [0.29, 0.717) is 5.75 Å². The summed E-state index contributed by atoms with van der Waals surface area (Å²) < 4.78 is 10.8. The van der Waals surface area contributed by atoms with Gasteiger partial charge in [0, 0.05) is 6.07 Å². The molecule has 2 rings (SSSR count). The molecule has 1 aromatic carbocycles. The molecule has 1 atom stereocenters. The highest BCUT2D eigenvalue weighted by Gasteiger charge is 2.44. The molecule has 0 saturated heterocycles. The van der Waals surface area contributed by atoms with Crippen molar-refractivity contribution in [3.8, 4) is 17.2 Å². The van der Waals surface area contributed by atoms with Gasteiger partial charge in [0.1, 0.15) is 12.4 Å². The van der Waals surface area contributed by atoms with Gasteiger partial charge in [0.2, 0.25) is 5.60 Å². The second kappa shape index (κ2) is 3.59. The second-order valence-electron chi connectivity index (χ2n) is 3.67. The number of ether oxygens (including phenoxy) is 2. The molecule has 16 heavy (non-hydrogen) atoms. The molecule has 1 heterocycles. The van der Waals surface area contributed by atoms with Crippen LogP contribution in [0.3, 0.4) is 0 Å². The summed E-state index contributed by atoms with van der Waals surface area (Å²) in [7, 11) is 0. The molecule has 1 aliphatic rings. The Kier molecular flexibility index (Phi) is 2.38. The molecule has 0 fully saturated rings. The van der Waals surface area contributed by atoms with Crippen molar-refractivity contribution in [2.45, 2.75) is 18.9 Å². The Morgan fingerprint density at radius 1 is 1.50 bits per heavy atom. The van der Waals surface area contributed by atoms with Gasteiger partial charge in [-0.2, -0.15) is 0 Å². The number of phenolic OH excluding ortho intramolecular Hbond substituents is 1. The molecule has 5 nitrogen and oxygen atoms in total. The van der Waals surface area contributed by atoms with Crippen LogP contribution in [0.15, 0.2) is 18.2 Å². The monoisotopic (exact) mass is 224 g/mol. The largest absolute Gasteiger partial charge is 0.508 e. The standard InChI is InChI=1S/C11H12O5/c1-2-11(10(13)14)6-15-8-4-3-7(12)5-9(8)16-11/h3-5,12H,2,6H2,1H3,(H,13,14). The van der Waals surface area contributed by atoms with Crippen molar-refractivity contribution in [1.29, 1.82) is 0 Å². The maximum atomic E-state index is 11.1. The Hall–Kier alpha value is -1.91. The summed E-state index contributed by atoms with van der Waals surface area (Å²) in [6, 6.07) is 4.36. The van der Waals surface area contributed by atoms with Crippen LogP contribution < -0.4 is 9.47 Å². The highest BCUT2D eigenvalue weighted by molar-refractivity contribution is 5.79. The van der Waals surface area contributed by atoms with E-state index in [4.69, 9.17) is 14.6 Å². The van der Waals surface area contributed by atoms with Gasteiger partial charge in [-0.1, -0.05) is 6.92 Å². The summed E-state index contributed by atoms with van der Waals surface area (Å²) in [4.78, 5) is 11.1. The molecule has 86 valence electrons. The molecule has 0 saturated carbocycles. The lowest BCUT2D eigenvalue weighted by Gasteiger charge is -2.34. The van der Waals surface area contributed by atoms with Crippen molar-refractivity contribution in [3.05, 3.63) is 18.2 Å². The highest BCUT2D eigenvalue weighted by Crippen LogP contribution is 2.38. The summed E-state index contributed by atoms with van der Waals surface area (Å²) in [6.07, 6.45) is 0.289. The van der Waals surface area contributed by atoms with Crippen LogP contribution in [-0.2, 0) is 4.79 Å². The molecule has 0 radical (unpaired) electrons. The molecule has 1 unspecified atom stereocenters. The number of benzene rings is 1. The molecule has 0 aliphatic carbocycles. The SMILES string of the molecule is CCC1(C(=O)O)COc2ccc(O)cc2O1. The van der Waals surface area contributed by atoms with Crippen LogP contribution >= 0.6 is 0 Å². The first-order valence-corrected chi connectivity index (χ1v) is 4.95. The van der Waals surface area contributed by atoms with Gasteiger partial charge in [-0.25, -0.2) is 4.79 Å². The van der Waals surface area contributed by atoms with Crippen LogP contribution in [0.1, 0.15) is 13.3 Å². The van der Waals surface area contributed by atoms with Crippen LogP contribution in [0.2, 0.25) is 0 Å². The predicted molar refractivity (Wildman–Crippen MR) is 54.9 cm³/mol. The van der Waals surface area contributed by atoms with E-state index in [-0.39, 0.29) is 24.5 Å². The number of aliphatic carboxylic acids is 1. The van der Waals surface area contributed by atoms with Gasteiger partial charge in [0.15, 0.2) is 11.5 Å². The lowest BCUT2D eigenvalue weighted by atomic mass is 10.0. The fraction of sp³-hybridized carbons (Fsp3) is 0.364. The fourth-order valence-electron chi connectivity index (χ4n) is 1.56. The van der Waals surface area contributed by atoms with Crippen molar-refractivity contribution < 1.29 is 24.5 Å². The smallest absolute Gasteiger partial charge is 0.351 e. The molecule has 0 aromatic heterocycles. The number of hydrogen-bond acceptors (Lipinski definition) is 4. The van der Waals surface area contributed by atoms with Gasteiger partial charge in [0.25, 0.3) is 0 Å². The van der Waals surface area contributed by atoms with Crippen LogP contribution in [0, 0.1) is 0 Å². The Morgan fingerprint density at radius 3 is 2.88 bits per heavy atom. The summed E-state index contributed by atoms with van der Waals surface area (Å²) in [6.45, 7) is 1.68. The minimum Gasteiger partial charge on any atom is -0.508 e. The van der Waals surface area contributed by atoms with E-state index in [1.807, 2.05) is 0 Å². The molecular weight excluding hydrogens is 212 g/mol. The zero-order chi connectivity index (χ0) is 11.8. The maximum Gasteiger partial charge on any atom is 0.351 e.